The Bertz CT molecular complexity index is 420. The van der Waals surface area contributed by atoms with Gasteiger partial charge in [-0.15, -0.1) is 0 Å². The quantitative estimate of drug-likeness (QED) is 0.645. The molecule has 0 aliphatic rings. The Morgan fingerprint density at radius 2 is 1.82 bits per heavy atom. The van der Waals surface area contributed by atoms with Gasteiger partial charge in [-0.3, -0.25) is 19.7 Å². The number of carbonyl (C=O) groups is 1. The van der Waals surface area contributed by atoms with Gasteiger partial charge in [0, 0.05) is 17.7 Å². The summed E-state index contributed by atoms with van der Waals surface area (Å²) in [6, 6.07) is 5.29. The molecule has 1 aromatic rings. The Hall–Kier alpha value is -1.95. The first-order valence-corrected chi connectivity index (χ1v) is 5.02. The summed E-state index contributed by atoms with van der Waals surface area (Å²) in [5.41, 5.74) is 2.04. The molecule has 92 valence electrons. The summed E-state index contributed by atoms with van der Waals surface area (Å²) in [5.74, 6) is -0.435. The van der Waals surface area contributed by atoms with E-state index in [4.69, 9.17) is 4.84 Å². The van der Waals surface area contributed by atoms with Crippen LogP contribution >= 0.6 is 0 Å². The van der Waals surface area contributed by atoms with Crippen LogP contribution in [-0.4, -0.2) is 16.4 Å². The molecule has 0 bridgehead atoms. The zero-order valence-corrected chi connectivity index (χ0v) is 9.89. The second kappa shape index (κ2) is 4.92. The predicted molar refractivity (Wildman–Crippen MR) is 61.4 cm³/mol. The van der Waals surface area contributed by atoms with Crippen molar-refractivity contribution in [1.29, 1.82) is 0 Å². The van der Waals surface area contributed by atoms with Gasteiger partial charge in [0.05, 0.1) is 10.5 Å². The van der Waals surface area contributed by atoms with Crippen LogP contribution in [0, 0.1) is 10.1 Å². The maximum absolute atomic E-state index is 11.6. The zero-order valence-electron chi connectivity index (χ0n) is 9.89. The van der Waals surface area contributed by atoms with Gasteiger partial charge in [0.2, 0.25) is 0 Å². The van der Waals surface area contributed by atoms with Gasteiger partial charge in [0.1, 0.15) is 0 Å². The molecule has 0 radical (unpaired) electrons. The van der Waals surface area contributed by atoms with Crippen molar-refractivity contribution in [3.8, 4) is 0 Å². The van der Waals surface area contributed by atoms with E-state index in [1.807, 2.05) is 0 Å². The molecule has 0 heterocycles. The first kappa shape index (κ1) is 13.1. The number of nitro benzene ring substituents is 1. The van der Waals surface area contributed by atoms with E-state index in [1.165, 1.54) is 24.3 Å². The lowest BCUT2D eigenvalue weighted by Gasteiger charge is -2.18. The molecule has 1 rings (SSSR count). The summed E-state index contributed by atoms with van der Waals surface area (Å²) in [6.07, 6.45) is 0. The molecule has 6 heteroatoms. The average molecular weight is 238 g/mol. The second-order valence-corrected chi connectivity index (χ2v) is 4.45. The lowest BCUT2D eigenvalue weighted by atomic mass is 10.2. The van der Waals surface area contributed by atoms with Crippen molar-refractivity contribution < 1.29 is 14.6 Å². The number of hydroxylamine groups is 1. The molecule has 0 saturated heterocycles. The van der Waals surface area contributed by atoms with Crippen LogP contribution in [0.1, 0.15) is 31.1 Å². The van der Waals surface area contributed by atoms with Crippen LogP contribution in [0.4, 0.5) is 5.69 Å². The highest BCUT2D eigenvalue weighted by molar-refractivity contribution is 5.93. The molecular formula is C11H14N2O4. The fraction of sp³-hybridized carbons (Fsp3) is 0.364. The number of benzene rings is 1. The minimum absolute atomic E-state index is 0.0571. The Balaban J connectivity index is 2.67. The maximum Gasteiger partial charge on any atom is 0.274 e. The number of amides is 1. The topological polar surface area (TPSA) is 81.5 Å². The Kier molecular flexibility index (Phi) is 3.80. The largest absolute Gasteiger partial charge is 0.274 e. The number of nitrogens with zero attached hydrogens (tertiary/aromatic N) is 1. The molecule has 1 aromatic carbocycles. The highest BCUT2D eigenvalue weighted by atomic mass is 16.7. The van der Waals surface area contributed by atoms with Crippen molar-refractivity contribution in [3.05, 3.63) is 39.9 Å². The fourth-order valence-electron chi connectivity index (χ4n) is 0.993. The number of hydrogen-bond donors (Lipinski definition) is 1. The number of hydrogen-bond acceptors (Lipinski definition) is 4. The van der Waals surface area contributed by atoms with Crippen molar-refractivity contribution in [2.45, 2.75) is 26.4 Å². The van der Waals surface area contributed by atoms with E-state index in [9.17, 15) is 14.9 Å². The van der Waals surface area contributed by atoms with Gasteiger partial charge in [-0.1, -0.05) is 0 Å². The van der Waals surface area contributed by atoms with E-state index in [1.54, 1.807) is 20.8 Å². The van der Waals surface area contributed by atoms with Gasteiger partial charge in [0.15, 0.2) is 0 Å². The number of nitro groups is 1. The summed E-state index contributed by atoms with van der Waals surface area (Å²) in [5, 5.41) is 10.4. The molecule has 0 atom stereocenters. The first-order chi connectivity index (χ1) is 7.79. The van der Waals surface area contributed by atoms with Gasteiger partial charge in [0.25, 0.3) is 11.6 Å². The SMILES string of the molecule is CC(C)(C)ONC(=O)c1ccc([N+](=O)[O-])cc1. The van der Waals surface area contributed by atoms with Crippen LogP contribution in [0.5, 0.6) is 0 Å². The van der Waals surface area contributed by atoms with Crippen LogP contribution in [0.2, 0.25) is 0 Å². The third-order valence-electron chi connectivity index (χ3n) is 1.79. The smallest absolute Gasteiger partial charge is 0.268 e. The maximum atomic E-state index is 11.6. The Morgan fingerprint density at radius 3 is 2.24 bits per heavy atom. The van der Waals surface area contributed by atoms with Gasteiger partial charge in [-0.2, -0.15) is 0 Å². The van der Waals surface area contributed by atoms with Crippen molar-refractivity contribution in [3.63, 3.8) is 0 Å². The predicted octanol–water partition coefficient (Wildman–Crippen LogP) is 2.05. The molecule has 0 spiro atoms. The van der Waals surface area contributed by atoms with Crippen molar-refractivity contribution in [2.75, 3.05) is 0 Å². The lowest BCUT2D eigenvalue weighted by Crippen LogP contribution is -2.33. The summed E-state index contributed by atoms with van der Waals surface area (Å²) in [7, 11) is 0. The standard InChI is InChI=1S/C11H14N2O4/c1-11(2,3)17-12-10(14)8-4-6-9(7-5-8)13(15)16/h4-7H,1-3H3,(H,12,14). The molecule has 1 amide bonds. The minimum Gasteiger partial charge on any atom is -0.268 e. The van der Waals surface area contributed by atoms with E-state index in [2.05, 4.69) is 5.48 Å². The number of carbonyl (C=O) groups excluding carboxylic acids is 1. The van der Waals surface area contributed by atoms with E-state index in [0.717, 1.165) is 0 Å². The second-order valence-electron chi connectivity index (χ2n) is 4.45. The van der Waals surface area contributed by atoms with Gasteiger partial charge < -0.3 is 0 Å². The number of non-ortho nitro benzene ring substituents is 1. The van der Waals surface area contributed by atoms with E-state index in [0.29, 0.717) is 5.56 Å². The summed E-state index contributed by atoms with van der Waals surface area (Å²) in [6.45, 7) is 5.38. The number of nitrogens with one attached hydrogen (secondary N) is 1. The molecule has 17 heavy (non-hydrogen) atoms. The van der Waals surface area contributed by atoms with Gasteiger partial charge in [-0.25, -0.2) is 5.48 Å². The van der Waals surface area contributed by atoms with E-state index >= 15 is 0 Å². The van der Waals surface area contributed by atoms with Crippen LogP contribution in [0.3, 0.4) is 0 Å². The molecule has 0 aliphatic heterocycles. The zero-order chi connectivity index (χ0) is 13.1. The molecule has 0 saturated carbocycles. The van der Waals surface area contributed by atoms with E-state index in [-0.39, 0.29) is 5.69 Å². The summed E-state index contributed by atoms with van der Waals surface area (Å²) >= 11 is 0. The van der Waals surface area contributed by atoms with Crippen molar-refractivity contribution >= 4 is 11.6 Å². The number of rotatable bonds is 3. The Morgan fingerprint density at radius 1 is 1.29 bits per heavy atom. The van der Waals surface area contributed by atoms with Crippen LogP contribution in [0.25, 0.3) is 0 Å². The van der Waals surface area contributed by atoms with E-state index < -0.39 is 16.4 Å². The lowest BCUT2D eigenvalue weighted by molar-refractivity contribution is -0.384. The fourth-order valence-corrected chi connectivity index (χ4v) is 0.993. The molecule has 0 aliphatic carbocycles. The van der Waals surface area contributed by atoms with Gasteiger partial charge in [-0.05, 0) is 32.9 Å². The van der Waals surface area contributed by atoms with Crippen LogP contribution in [0.15, 0.2) is 24.3 Å². The Labute approximate surface area is 98.7 Å². The summed E-state index contributed by atoms with van der Waals surface area (Å²) < 4.78 is 0. The molecular weight excluding hydrogens is 224 g/mol. The molecule has 0 unspecified atom stereocenters. The third kappa shape index (κ3) is 4.20. The summed E-state index contributed by atoms with van der Waals surface area (Å²) in [4.78, 5) is 26.6. The highest BCUT2D eigenvalue weighted by Gasteiger charge is 2.14. The van der Waals surface area contributed by atoms with Crippen LogP contribution in [-0.2, 0) is 4.84 Å². The van der Waals surface area contributed by atoms with Crippen LogP contribution < -0.4 is 5.48 Å². The average Bonchev–Trinajstić information content (AvgIpc) is 2.25. The molecule has 6 nitrogen and oxygen atoms in total. The molecule has 0 aromatic heterocycles. The van der Waals surface area contributed by atoms with Crippen molar-refractivity contribution in [1.82, 2.24) is 5.48 Å². The minimum atomic E-state index is -0.520. The molecule has 1 N–H and O–H groups in total. The molecule has 0 fully saturated rings. The first-order valence-electron chi connectivity index (χ1n) is 5.02. The highest BCUT2D eigenvalue weighted by Crippen LogP contribution is 2.12. The third-order valence-corrected chi connectivity index (χ3v) is 1.79. The monoisotopic (exact) mass is 238 g/mol. The van der Waals surface area contributed by atoms with Gasteiger partial charge >= 0.3 is 0 Å². The van der Waals surface area contributed by atoms with Crippen molar-refractivity contribution in [2.24, 2.45) is 0 Å². The normalized spacial score (nSPS) is 11.0.